The van der Waals surface area contributed by atoms with Crippen molar-refractivity contribution in [1.29, 1.82) is 0 Å². The molecule has 1 heterocycles. The Bertz CT molecular complexity index is 922. The monoisotopic (exact) mass is 485 g/mol. The zero-order valence-corrected chi connectivity index (χ0v) is 18.5. The highest BCUT2D eigenvalue weighted by Gasteiger charge is 2.16. The van der Waals surface area contributed by atoms with Crippen LogP contribution in [-0.4, -0.2) is 42.7 Å². The van der Waals surface area contributed by atoms with Crippen LogP contribution in [0.3, 0.4) is 0 Å². The van der Waals surface area contributed by atoms with Crippen LogP contribution >= 0.6 is 15.9 Å². The van der Waals surface area contributed by atoms with Crippen LogP contribution < -0.4 is 15.5 Å². The van der Waals surface area contributed by atoms with Crippen molar-refractivity contribution in [3.05, 3.63) is 47.6 Å². The van der Waals surface area contributed by atoms with Crippen LogP contribution in [0.15, 0.2) is 52.5 Å². The minimum absolute atomic E-state index is 0.0304. The summed E-state index contributed by atoms with van der Waals surface area (Å²) in [4.78, 5) is 15.5. The van der Waals surface area contributed by atoms with E-state index >= 15 is 0 Å². The second kappa shape index (κ2) is 10.6. The molecule has 0 spiro atoms. The van der Waals surface area contributed by atoms with Crippen molar-refractivity contribution in [3.8, 4) is 0 Å². The van der Waals surface area contributed by atoms with Crippen LogP contribution in [0.2, 0.25) is 0 Å². The number of hydrogen-bond acceptors (Lipinski definition) is 8. The number of halogens is 1. The van der Waals surface area contributed by atoms with Gasteiger partial charge in [-0.15, -0.1) is 6.58 Å². The van der Waals surface area contributed by atoms with Gasteiger partial charge in [-0.25, -0.2) is 13.4 Å². The molecular weight excluding hydrogens is 462 g/mol. The quantitative estimate of drug-likeness (QED) is 0.217. The molecule has 0 amide bonds. The van der Waals surface area contributed by atoms with Gasteiger partial charge in [0, 0.05) is 11.9 Å². The van der Waals surface area contributed by atoms with E-state index in [0.717, 1.165) is 0 Å². The second-order valence-corrected chi connectivity index (χ2v) is 8.90. The fourth-order valence-electron chi connectivity index (χ4n) is 2.19. The molecule has 11 heteroatoms. The lowest BCUT2D eigenvalue weighted by Crippen LogP contribution is -2.30. The molecule has 0 aliphatic rings. The Morgan fingerprint density at radius 2 is 2.00 bits per heavy atom. The summed E-state index contributed by atoms with van der Waals surface area (Å²) in [6, 6.07) is 5.88. The first-order chi connectivity index (χ1) is 13.8. The van der Waals surface area contributed by atoms with Gasteiger partial charge in [0.2, 0.25) is 5.95 Å². The number of nitrogens with zero attached hydrogens (tertiary/aromatic N) is 2. The number of nitrogens with one attached hydrogen (secondary N) is 3. The number of benzene rings is 1. The molecule has 1 aromatic carbocycles. The molecule has 0 radical (unpaired) electrons. The van der Waals surface area contributed by atoms with E-state index in [1.807, 2.05) is 18.7 Å². The van der Waals surface area contributed by atoms with Gasteiger partial charge in [-0.05, 0) is 46.1 Å². The van der Waals surface area contributed by atoms with Gasteiger partial charge < -0.3 is 15.7 Å². The van der Waals surface area contributed by atoms with Gasteiger partial charge in [-0.1, -0.05) is 24.8 Å². The standard InChI is InChI=1S/C18H24BrN5O4S/c1-4-9-28-24-29(26,27)14-7-5-13(6-8-14)21-18-20-10-15(19)17(23-18)22-16(11-25)12(2)3/h4-8,10,12,16,24-25H,1,9,11H2,2-3H3,(H2,20,21,22,23)/t16-/m0/s1. The molecule has 9 nitrogen and oxygen atoms in total. The van der Waals surface area contributed by atoms with Gasteiger partial charge in [0.25, 0.3) is 10.0 Å². The normalized spacial score (nSPS) is 12.6. The van der Waals surface area contributed by atoms with Crippen LogP contribution in [0, 0.1) is 5.92 Å². The van der Waals surface area contributed by atoms with Gasteiger partial charge in [-0.2, -0.15) is 4.98 Å². The Hall–Kier alpha value is -2.05. The minimum atomic E-state index is -3.78. The predicted octanol–water partition coefficient (Wildman–Crippen LogP) is 2.81. The molecule has 0 saturated carbocycles. The maximum atomic E-state index is 12.1. The summed E-state index contributed by atoms with van der Waals surface area (Å²) in [5.41, 5.74) is 0.604. The van der Waals surface area contributed by atoms with Crippen LogP contribution in [0.5, 0.6) is 0 Å². The van der Waals surface area contributed by atoms with E-state index < -0.39 is 10.0 Å². The zero-order valence-electron chi connectivity index (χ0n) is 16.1. The van der Waals surface area contributed by atoms with Gasteiger partial charge in [0.15, 0.2) is 0 Å². The van der Waals surface area contributed by atoms with E-state index in [4.69, 9.17) is 4.84 Å². The summed E-state index contributed by atoms with van der Waals surface area (Å²) >= 11 is 3.39. The molecule has 2 rings (SSSR count). The number of hydrogen-bond donors (Lipinski definition) is 4. The van der Waals surface area contributed by atoms with Crippen LogP contribution in [0.4, 0.5) is 17.5 Å². The van der Waals surface area contributed by atoms with Crippen molar-refractivity contribution in [2.24, 2.45) is 5.92 Å². The van der Waals surface area contributed by atoms with Crippen molar-refractivity contribution in [2.75, 3.05) is 23.8 Å². The molecule has 158 valence electrons. The Labute approximate surface area is 178 Å². The highest BCUT2D eigenvalue weighted by molar-refractivity contribution is 9.10. The van der Waals surface area contributed by atoms with Crippen molar-refractivity contribution >= 4 is 43.4 Å². The first kappa shape index (κ1) is 23.2. The van der Waals surface area contributed by atoms with E-state index in [9.17, 15) is 13.5 Å². The van der Waals surface area contributed by atoms with Crippen LogP contribution in [0.1, 0.15) is 13.8 Å². The van der Waals surface area contributed by atoms with E-state index in [-0.39, 0.29) is 30.1 Å². The number of aliphatic hydroxyl groups is 1. The van der Waals surface area contributed by atoms with E-state index in [1.165, 1.54) is 18.2 Å². The largest absolute Gasteiger partial charge is 0.394 e. The third kappa shape index (κ3) is 6.75. The Balaban J connectivity index is 2.12. The molecular formula is C18H24BrN5O4S. The maximum Gasteiger partial charge on any atom is 0.262 e. The lowest BCUT2D eigenvalue weighted by atomic mass is 10.1. The number of sulfonamides is 1. The molecule has 0 fully saturated rings. The lowest BCUT2D eigenvalue weighted by Gasteiger charge is -2.21. The average Bonchev–Trinajstić information content (AvgIpc) is 2.68. The summed E-state index contributed by atoms with van der Waals surface area (Å²) in [6.07, 6.45) is 3.02. The third-order valence-electron chi connectivity index (χ3n) is 3.86. The first-order valence-corrected chi connectivity index (χ1v) is 11.1. The highest BCUT2D eigenvalue weighted by atomic mass is 79.9. The molecule has 0 saturated heterocycles. The van der Waals surface area contributed by atoms with E-state index in [0.29, 0.717) is 21.9 Å². The summed E-state index contributed by atoms with van der Waals surface area (Å²) in [5, 5.41) is 15.7. The Kier molecular flexibility index (Phi) is 8.53. The molecule has 0 aliphatic carbocycles. The van der Waals surface area contributed by atoms with Crippen molar-refractivity contribution in [3.63, 3.8) is 0 Å². The number of aliphatic hydroxyl groups excluding tert-OH is 1. The molecule has 0 unspecified atom stereocenters. The third-order valence-corrected chi connectivity index (χ3v) is 5.67. The smallest absolute Gasteiger partial charge is 0.262 e. The van der Waals surface area contributed by atoms with Crippen molar-refractivity contribution in [2.45, 2.75) is 24.8 Å². The molecule has 0 bridgehead atoms. The van der Waals surface area contributed by atoms with Crippen LogP contribution in [-0.2, 0) is 14.9 Å². The van der Waals surface area contributed by atoms with Crippen molar-refractivity contribution in [1.82, 2.24) is 14.9 Å². The van der Waals surface area contributed by atoms with Gasteiger partial charge in [-0.3, -0.25) is 4.84 Å². The maximum absolute atomic E-state index is 12.1. The van der Waals surface area contributed by atoms with Gasteiger partial charge >= 0.3 is 0 Å². The molecule has 1 atom stereocenters. The summed E-state index contributed by atoms with van der Waals surface area (Å²) in [6.45, 7) is 7.46. The topological polar surface area (TPSA) is 125 Å². The number of rotatable bonds is 11. The van der Waals surface area contributed by atoms with Gasteiger partial charge in [0.05, 0.1) is 28.6 Å². The summed E-state index contributed by atoms with van der Waals surface area (Å²) in [5.74, 6) is 1.06. The summed E-state index contributed by atoms with van der Waals surface area (Å²) < 4.78 is 24.9. The predicted molar refractivity (Wildman–Crippen MR) is 115 cm³/mol. The lowest BCUT2D eigenvalue weighted by molar-refractivity contribution is 0.119. The Morgan fingerprint density at radius 1 is 1.31 bits per heavy atom. The van der Waals surface area contributed by atoms with E-state index in [1.54, 1.807) is 18.3 Å². The van der Waals surface area contributed by atoms with Crippen molar-refractivity contribution < 1.29 is 18.4 Å². The first-order valence-electron chi connectivity index (χ1n) is 8.78. The Morgan fingerprint density at radius 3 is 2.59 bits per heavy atom. The average molecular weight is 486 g/mol. The molecule has 1 aromatic heterocycles. The summed E-state index contributed by atoms with van der Waals surface area (Å²) in [7, 11) is -3.78. The number of aromatic nitrogens is 2. The molecule has 2 aromatic rings. The fraction of sp³-hybridized carbons (Fsp3) is 0.333. The molecule has 29 heavy (non-hydrogen) atoms. The number of anilines is 3. The zero-order chi connectivity index (χ0) is 21.4. The van der Waals surface area contributed by atoms with E-state index in [2.05, 4.69) is 43.1 Å². The molecule has 4 N–H and O–H groups in total. The molecule has 0 aliphatic heterocycles. The second-order valence-electron chi connectivity index (χ2n) is 6.40. The highest BCUT2D eigenvalue weighted by Crippen LogP contribution is 2.24. The minimum Gasteiger partial charge on any atom is -0.394 e. The van der Waals surface area contributed by atoms with Gasteiger partial charge in [0.1, 0.15) is 5.82 Å². The fourth-order valence-corrected chi connectivity index (χ4v) is 3.31. The SMILES string of the molecule is C=CCONS(=O)(=O)c1ccc(Nc2ncc(Br)c(N[C@@H](CO)C(C)C)n2)cc1. The van der Waals surface area contributed by atoms with Crippen LogP contribution in [0.25, 0.3) is 0 Å².